The first kappa shape index (κ1) is 15.4. The highest BCUT2D eigenvalue weighted by molar-refractivity contribution is 9.10. The molecule has 0 aliphatic rings. The summed E-state index contributed by atoms with van der Waals surface area (Å²) in [6.45, 7) is 0. The molecule has 0 aliphatic heterocycles. The van der Waals surface area contributed by atoms with Gasteiger partial charge in [0.05, 0.1) is 15.8 Å². The van der Waals surface area contributed by atoms with Crippen LogP contribution in [0.5, 0.6) is 0 Å². The van der Waals surface area contributed by atoms with Crippen LogP contribution in [0, 0.1) is 0 Å². The van der Waals surface area contributed by atoms with E-state index in [-0.39, 0.29) is 5.91 Å². The fourth-order valence-corrected chi connectivity index (χ4v) is 4.38. The lowest BCUT2D eigenvalue weighted by atomic mass is 10.2. The van der Waals surface area contributed by atoms with Gasteiger partial charge >= 0.3 is 0 Å². The van der Waals surface area contributed by atoms with Crippen molar-refractivity contribution in [1.29, 1.82) is 0 Å². The second-order valence-electron chi connectivity index (χ2n) is 4.96. The van der Waals surface area contributed by atoms with E-state index in [1.54, 1.807) is 17.4 Å². The van der Waals surface area contributed by atoms with Crippen molar-refractivity contribution in [3.63, 3.8) is 0 Å². The SMILES string of the molecule is O=C(Nc1nc(-c2nc3ccccc3s2)cs1)c1ccccc1Br. The number of aromatic nitrogens is 2. The second kappa shape index (κ2) is 6.43. The molecule has 0 atom stereocenters. The number of halogens is 1. The van der Waals surface area contributed by atoms with Crippen LogP contribution in [0.15, 0.2) is 58.4 Å². The number of anilines is 1. The van der Waals surface area contributed by atoms with Gasteiger partial charge in [-0.3, -0.25) is 10.1 Å². The molecule has 4 aromatic rings. The largest absolute Gasteiger partial charge is 0.298 e. The number of amides is 1. The smallest absolute Gasteiger partial charge is 0.258 e. The lowest BCUT2D eigenvalue weighted by Crippen LogP contribution is -2.12. The summed E-state index contributed by atoms with van der Waals surface area (Å²) >= 11 is 6.37. The van der Waals surface area contributed by atoms with Crippen LogP contribution < -0.4 is 5.32 Å². The van der Waals surface area contributed by atoms with Gasteiger partial charge in [-0.1, -0.05) is 24.3 Å². The van der Waals surface area contributed by atoms with E-state index in [2.05, 4.69) is 31.2 Å². The Morgan fingerprint density at radius 2 is 1.83 bits per heavy atom. The van der Waals surface area contributed by atoms with Crippen LogP contribution in [-0.4, -0.2) is 15.9 Å². The summed E-state index contributed by atoms with van der Waals surface area (Å²) < 4.78 is 1.88. The number of benzene rings is 2. The van der Waals surface area contributed by atoms with Crippen molar-refractivity contribution in [2.75, 3.05) is 5.32 Å². The molecule has 2 aromatic heterocycles. The van der Waals surface area contributed by atoms with Crippen LogP contribution in [0.2, 0.25) is 0 Å². The number of carbonyl (C=O) groups excluding carboxylic acids is 1. The summed E-state index contributed by atoms with van der Waals surface area (Å²) in [5.41, 5.74) is 2.32. The summed E-state index contributed by atoms with van der Waals surface area (Å²) in [4.78, 5) is 21.4. The van der Waals surface area contributed by atoms with Gasteiger partial charge in [0.15, 0.2) is 5.13 Å². The number of rotatable bonds is 3. The number of para-hydroxylation sites is 1. The minimum absolute atomic E-state index is 0.187. The van der Waals surface area contributed by atoms with E-state index >= 15 is 0 Å². The lowest BCUT2D eigenvalue weighted by molar-refractivity contribution is 0.102. The fourth-order valence-electron chi connectivity index (χ4n) is 2.22. The average Bonchev–Trinajstić information content (AvgIpc) is 3.21. The topological polar surface area (TPSA) is 54.9 Å². The Hall–Kier alpha value is -2.09. The van der Waals surface area contributed by atoms with E-state index < -0.39 is 0 Å². The molecule has 0 radical (unpaired) electrons. The molecule has 2 heterocycles. The first-order valence-electron chi connectivity index (χ1n) is 7.08. The molecule has 7 heteroatoms. The van der Waals surface area contributed by atoms with Crippen LogP contribution in [0.3, 0.4) is 0 Å². The third kappa shape index (κ3) is 2.98. The second-order valence-corrected chi connectivity index (χ2v) is 7.70. The third-order valence-corrected chi connectivity index (χ3v) is 5.86. The quantitative estimate of drug-likeness (QED) is 0.484. The first-order chi connectivity index (χ1) is 11.7. The Kier molecular flexibility index (Phi) is 4.13. The van der Waals surface area contributed by atoms with Gasteiger partial charge in [-0.05, 0) is 40.2 Å². The average molecular weight is 416 g/mol. The van der Waals surface area contributed by atoms with Gasteiger partial charge in [-0.25, -0.2) is 9.97 Å². The standard InChI is InChI=1S/C17H10BrN3OS2/c18-11-6-2-1-5-10(11)15(22)21-17-20-13(9-23-17)16-19-12-7-3-4-8-14(12)24-16/h1-9H,(H,20,21,22). The first-order valence-corrected chi connectivity index (χ1v) is 9.57. The molecule has 0 bridgehead atoms. The highest BCUT2D eigenvalue weighted by atomic mass is 79.9. The predicted molar refractivity (Wildman–Crippen MR) is 103 cm³/mol. The Morgan fingerprint density at radius 1 is 1.04 bits per heavy atom. The highest BCUT2D eigenvalue weighted by Gasteiger charge is 2.14. The Balaban J connectivity index is 1.58. The number of nitrogens with one attached hydrogen (secondary N) is 1. The van der Waals surface area contributed by atoms with E-state index in [1.807, 2.05) is 47.8 Å². The molecule has 4 nitrogen and oxygen atoms in total. The molecular formula is C17H10BrN3OS2. The molecular weight excluding hydrogens is 406 g/mol. The molecule has 1 N–H and O–H groups in total. The molecule has 118 valence electrons. The number of thiazole rings is 2. The summed E-state index contributed by atoms with van der Waals surface area (Å²) in [5.74, 6) is -0.187. The normalized spacial score (nSPS) is 10.9. The maximum atomic E-state index is 12.3. The molecule has 0 saturated heterocycles. The van der Waals surface area contributed by atoms with Gasteiger partial charge in [0.1, 0.15) is 10.7 Å². The zero-order valence-corrected chi connectivity index (χ0v) is 15.4. The van der Waals surface area contributed by atoms with E-state index in [4.69, 9.17) is 0 Å². The summed E-state index contributed by atoms with van der Waals surface area (Å²) in [6, 6.07) is 15.3. The predicted octanol–water partition coefficient (Wildman–Crippen LogP) is 5.43. The van der Waals surface area contributed by atoms with Crippen LogP contribution in [0.1, 0.15) is 10.4 Å². The zero-order valence-electron chi connectivity index (χ0n) is 12.2. The molecule has 0 unspecified atom stereocenters. The fraction of sp³-hybridized carbons (Fsp3) is 0. The summed E-state index contributed by atoms with van der Waals surface area (Å²) in [5, 5.41) is 6.16. The van der Waals surface area contributed by atoms with Crippen LogP contribution >= 0.6 is 38.6 Å². The van der Waals surface area contributed by atoms with Crippen molar-refractivity contribution in [3.8, 4) is 10.7 Å². The Morgan fingerprint density at radius 3 is 2.67 bits per heavy atom. The third-order valence-electron chi connectivity index (χ3n) is 3.36. The number of hydrogen-bond donors (Lipinski definition) is 1. The summed E-state index contributed by atoms with van der Waals surface area (Å²) in [6.07, 6.45) is 0. The molecule has 24 heavy (non-hydrogen) atoms. The van der Waals surface area contributed by atoms with Gasteiger partial charge < -0.3 is 0 Å². The van der Waals surface area contributed by atoms with Gasteiger partial charge in [0.2, 0.25) is 0 Å². The maximum absolute atomic E-state index is 12.3. The Bertz CT molecular complexity index is 1010. The van der Waals surface area contributed by atoms with Crippen molar-refractivity contribution in [2.24, 2.45) is 0 Å². The highest BCUT2D eigenvalue weighted by Crippen LogP contribution is 2.32. The monoisotopic (exact) mass is 415 g/mol. The maximum Gasteiger partial charge on any atom is 0.258 e. The van der Waals surface area contributed by atoms with E-state index in [1.165, 1.54) is 11.3 Å². The number of nitrogens with zero attached hydrogens (tertiary/aromatic N) is 2. The van der Waals surface area contributed by atoms with Crippen LogP contribution in [0.25, 0.3) is 20.9 Å². The Labute approximate surface area is 154 Å². The van der Waals surface area contributed by atoms with Crippen molar-refractivity contribution >= 4 is 59.9 Å². The van der Waals surface area contributed by atoms with Crippen molar-refractivity contribution in [2.45, 2.75) is 0 Å². The van der Waals surface area contributed by atoms with Gasteiger partial charge in [-0.2, -0.15) is 0 Å². The van der Waals surface area contributed by atoms with E-state index in [0.717, 1.165) is 25.4 Å². The van der Waals surface area contributed by atoms with Gasteiger partial charge in [-0.15, -0.1) is 22.7 Å². The molecule has 0 saturated carbocycles. The van der Waals surface area contributed by atoms with Gasteiger partial charge in [0, 0.05) is 9.85 Å². The molecule has 0 aliphatic carbocycles. The number of hydrogen-bond acceptors (Lipinski definition) is 5. The van der Waals surface area contributed by atoms with Crippen LogP contribution in [-0.2, 0) is 0 Å². The minimum atomic E-state index is -0.187. The van der Waals surface area contributed by atoms with Crippen molar-refractivity contribution in [3.05, 3.63) is 63.9 Å². The van der Waals surface area contributed by atoms with Crippen LogP contribution in [0.4, 0.5) is 5.13 Å². The molecule has 1 amide bonds. The molecule has 0 fully saturated rings. The molecule has 0 spiro atoms. The lowest BCUT2D eigenvalue weighted by Gasteiger charge is -2.03. The molecule has 2 aromatic carbocycles. The van der Waals surface area contributed by atoms with E-state index in [0.29, 0.717) is 10.7 Å². The zero-order chi connectivity index (χ0) is 16.5. The molecule has 4 rings (SSSR count). The number of fused-ring (bicyclic) bond motifs is 1. The number of carbonyl (C=O) groups is 1. The summed E-state index contributed by atoms with van der Waals surface area (Å²) in [7, 11) is 0. The van der Waals surface area contributed by atoms with Crippen molar-refractivity contribution in [1.82, 2.24) is 9.97 Å². The van der Waals surface area contributed by atoms with Gasteiger partial charge in [0.25, 0.3) is 5.91 Å². The van der Waals surface area contributed by atoms with E-state index in [9.17, 15) is 4.79 Å². The minimum Gasteiger partial charge on any atom is -0.298 e. The van der Waals surface area contributed by atoms with Crippen molar-refractivity contribution < 1.29 is 4.79 Å².